The predicted molar refractivity (Wildman–Crippen MR) is 132 cm³/mol. The smallest absolute Gasteiger partial charge is 0.309 e. The number of ketones is 1. The molecular weight excluding hydrogens is 408 g/mol. The van der Waals surface area contributed by atoms with Gasteiger partial charge in [-0.15, -0.1) is 0 Å². The summed E-state index contributed by atoms with van der Waals surface area (Å²) in [7, 11) is 0. The van der Waals surface area contributed by atoms with Gasteiger partial charge >= 0.3 is 5.97 Å². The van der Waals surface area contributed by atoms with Crippen LogP contribution in [0.25, 0.3) is 0 Å². The minimum Gasteiger partial charge on any atom is -0.481 e. The zero-order chi connectivity index (χ0) is 24.2. The minimum absolute atomic E-state index is 0.0192. The maximum atomic E-state index is 14.2. The van der Waals surface area contributed by atoms with Gasteiger partial charge in [-0.3, -0.25) is 9.59 Å². The van der Waals surface area contributed by atoms with E-state index in [-0.39, 0.29) is 27.6 Å². The zero-order valence-corrected chi connectivity index (χ0v) is 22.1. The number of hydrogen-bond donors (Lipinski definition) is 1. The van der Waals surface area contributed by atoms with Gasteiger partial charge < -0.3 is 5.11 Å². The summed E-state index contributed by atoms with van der Waals surface area (Å²) in [6.45, 7) is 16.7. The number of fused-ring (bicyclic) bond motifs is 6. The Hall–Kier alpha value is -1.12. The average Bonchev–Trinajstić information content (AvgIpc) is 2.72. The lowest BCUT2D eigenvalue weighted by Crippen LogP contribution is -2.65. The number of carbonyl (C=O) groups excluding carboxylic acids is 1. The molecule has 0 bridgehead atoms. The molecule has 0 aromatic carbocycles. The molecule has 0 aromatic heterocycles. The van der Waals surface area contributed by atoms with Crippen LogP contribution in [0.3, 0.4) is 0 Å². The lowest BCUT2D eigenvalue weighted by molar-refractivity contribution is -0.192. The van der Waals surface area contributed by atoms with Crippen LogP contribution in [0, 0.1) is 50.7 Å². The summed E-state index contributed by atoms with van der Waals surface area (Å²) in [4.78, 5) is 26.3. The largest absolute Gasteiger partial charge is 0.481 e. The van der Waals surface area contributed by atoms with E-state index in [0.29, 0.717) is 36.4 Å². The average molecular weight is 455 g/mol. The van der Waals surface area contributed by atoms with Crippen molar-refractivity contribution < 1.29 is 14.7 Å². The fraction of sp³-hybridized carbons (Fsp3) is 0.867. The highest BCUT2D eigenvalue weighted by Gasteiger charge is 2.69. The van der Waals surface area contributed by atoms with Crippen LogP contribution in [-0.4, -0.2) is 16.9 Å². The summed E-state index contributed by atoms with van der Waals surface area (Å²) < 4.78 is 0. The van der Waals surface area contributed by atoms with Gasteiger partial charge in [0.15, 0.2) is 0 Å². The maximum Gasteiger partial charge on any atom is 0.309 e. The molecule has 0 unspecified atom stereocenters. The van der Waals surface area contributed by atoms with Gasteiger partial charge in [0.05, 0.1) is 5.41 Å². The van der Waals surface area contributed by atoms with Crippen LogP contribution in [-0.2, 0) is 9.59 Å². The molecule has 3 nitrogen and oxygen atoms in total. The molecule has 184 valence electrons. The second-order valence-electron chi connectivity index (χ2n) is 14.5. The molecular formula is C30H46O3. The lowest BCUT2D eigenvalue weighted by atomic mass is 9.34. The van der Waals surface area contributed by atoms with Gasteiger partial charge in [0.25, 0.3) is 0 Å². The summed E-state index contributed by atoms with van der Waals surface area (Å²) in [5.74, 6) is 1.75. The molecule has 0 saturated heterocycles. The van der Waals surface area contributed by atoms with Crippen LogP contribution in [0.2, 0.25) is 0 Å². The third kappa shape index (κ3) is 2.86. The van der Waals surface area contributed by atoms with E-state index >= 15 is 0 Å². The van der Waals surface area contributed by atoms with Crippen LogP contribution in [0.15, 0.2) is 11.1 Å². The van der Waals surface area contributed by atoms with Gasteiger partial charge in [-0.25, -0.2) is 0 Å². The van der Waals surface area contributed by atoms with Crippen molar-refractivity contribution in [3.63, 3.8) is 0 Å². The molecule has 0 aliphatic heterocycles. The SMILES string of the molecule is C[C@H]1CC[C@@]2(C)[C@H](CC[C@]3(C)[C@H]2C(=O)CC2=C4C[C@@](C)(C(=O)O)CC[C@@H]4CC[C@]23C)C1(C)C. The van der Waals surface area contributed by atoms with Crippen LogP contribution in [0.5, 0.6) is 0 Å². The number of aliphatic carboxylic acids is 1. The Kier molecular flexibility index (Phi) is 4.99. The first kappa shape index (κ1) is 23.6. The van der Waals surface area contributed by atoms with E-state index in [2.05, 4.69) is 41.5 Å². The Morgan fingerprint density at radius 2 is 1.58 bits per heavy atom. The number of carboxylic acids is 1. The molecule has 4 saturated carbocycles. The highest BCUT2D eigenvalue weighted by Crippen LogP contribution is 2.74. The topological polar surface area (TPSA) is 54.4 Å². The highest BCUT2D eigenvalue weighted by molar-refractivity contribution is 5.88. The number of allylic oxidation sites excluding steroid dienone is 2. The molecule has 1 N–H and O–H groups in total. The van der Waals surface area contributed by atoms with E-state index in [1.54, 1.807) is 0 Å². The number of Topliss-reactive ketones (excluding diaryl/α,β-unsaturated/α-hetero) is 1. The Bertz CT molecular complexity index is 929. The summed E-state index contributed by atoms with van der Waals surface area (Å²) >= 11 is 0. The third-order valence-corrected chi connectivity index (χ3v) is 12.9. The Morgan fingerprint density at radius 1 is 0.909 bits per heavy atom. The van der Waals surface area contributed by atoms with E-state index in [1.807, 2.05) is 6.92 Å². The predicted octanol–water partition coefficient (Wildman–Crippen LogP) is 7.44. The molecule has 3 heteroatoms. The highest BCUT2D eigenvalue weighted by atomic mass is 16.4. The van der Waals surface area contributed by atoms with Crippen molar-refractivity contribution >= 4 is 11.8 Å². The quantitative estimate of drug-likeness (QED) is 0.419. The van der Waals surface area contributed by atoms with Crippen LogP contribution in [0.1, 0.15) is 113 Å². The van der Waals surface area contributed by atoms with Crippen molar-refractivity contribution in [2.24, 2.45) is 50.7 Å². The molecule has 5 rings (SSSR count). The molecule has 4 fully saturated rings. The molecule has 0 heterocycles. The van der Waals surface area contributed by atoms with E-state index in [9.17, 15) is 14.7 Å². The maximum absolute atomic E-state index is 14.2. The van der Waals surface area contributed by atoms with Crippen LogP contribution >= 0.6 is 0 Å². The number of carboxylic acid groups (broad SMARTS) is 1. The van der Waals surface area contributed by atoms with Crippen molar-refractivity contribution in [2.45, 2.75) is 113 Å². The summed E-state index contributed by atoms with van der Waals surface area (Å²) in [6.07, 6.45) is 10.1. The monoisotopic (exact) mass is 454 g/mol. The van der Waals surface area contributed by atoms with Crippen LogP contribution in [0.4, 0.5) is 0 Å². The van der Waals surface area contributed by atoms with Gasteiger partial charge in [-0.2, -0.15) is 0 Å². The van der Waals surface area contributed by atoms with Crippen molar-refractivity contribution in [2.75, 3.05) is 0 Å². The van der Waals surface area contributed by atoms with E-state index < -0.39 is 11.4 Å². The summed E-state index contributed by atoms with van der Waals surface area (Å²) in [6, 6.07) is 0. The Labute approximate surface area is 201 Å². The first-order valence-corrected chi connectivity index (χ1v) is 13.7. The fourth-order valence-electron chi connectivity index (χ4n) is 10.3. The molecule has 0 amide bonds. The second kappa shape index (κ2) is 6.97. The summed E-state index contributed by atoms with van der Waals surface area (Å²) in [5, 5.41) is 9.98. The molecule has 33 heavy (non-hydrogen) atoms. The lowest BCUT2D eigenvalue weighted by Gasteiger charge is -2.69. The van der Waals surface area contributed by atoms with Crippen LogP contribution < -0.4 is 0 Å². The van der Waals surface area contributed by atoms with Crippen molar-refractivity contribution in [3.8, 4) is 0 Å². The molecule has 0 spiro atoms. The molecule has 5 aliphatic carbocycles. The molecule has 8 atom stereocenters. The van der Waals surface area contributed by atoms with Gasteiger partial charge in [0, 0.05) is 12.3 Å². The zero-order valence-electron chi connectivity index (χ0n) is 22.1. The number of rotatable bonds is 1. The van der Waals surface area contributed by atoms with Crippen molar-refractivity contribution in [1.82, 2.24) is 0 Å². The van der Waals surface area contributed by atoms with Gasteiger partial charge in [0.2, 0.25) is 0 Å². The van der Waals surface area contributed by atoms with E-state index in [4.69, 9.17) is 0 Å². The first-order chi connectivity index (χ1) is 15.2. The molecule has 0 radical (unpaired) electrons. The van der Waals surface area contributed by atoms with Gasteiger partial charge in [-0.1, -0.05) is 52.7 Å². The molecule has 0 aromatic rings. The van der Waals surface area contributed by atoms with E-state index in [0.717, 1.165) is 19.3 Å². The number of hydrogen-bond acceptors (Lipinski definition) is 2. The third-order valence-electron chi connectivity index (χ3n) is 12.9. The van der Waals surface area contributed by atoms with Gasteiger partial charge in [0.1, 0.15) is 5.78 Å². The first-order valence-electron chi connectivity index (χ1n) is 13.7. The number of carbonyl (C=O) groups is 2. The van der Waals surface area contributed by atoms with E-state index in [1.165, 1.54) is 43.3 Å². The second-order valence-corrected chi connectivity index (χ2v) is 14.5. The Morgan fingerprint density at radius 3 is 2.24 bits per heavy atom. The van der Waals surface area contributed by atoms with Crippen molar-refractivity contribution in [3.05, 3.63) is 11.1 Å². The van der Waals surface area contributed by atoms with Crippen molar-refractivity contribution in [1.29, 1.82) is 0 Å². The van der Waals surface area contributed by atoms with Gasteiger partial charge in [-0.05, 0) is 104 Å². The standard InChI is InChI=1S/C30H46O3/c1-18-8-13-28(5)23(26(18,2)3)11-15-30(7)24(28)22(31)16-21-20-17-27(4,25(32)33)12-9-19(20)10-14-29(21,30)6/h18-19,23-24H,8-17H2,1-7H3,(H,32,33)/t18-,19+,23+,24-,27-,28-,29+,30+/m0/s1. The minimum atomic E-state index is -0.676. The summed E-state index contributed by atoms with van der Waals surface area (Å²) in [5.41, 5.74) is 2.43. The molecule has 5 aliphatic rings. The Balaban J connectivity index is 1.61. The normalized spacial score (nSPS) is 51.2. The fourth-order valence-corrected chi connectivity index (χ4v) is 10.3.